The molecule has 0 aromatic heterocycles. The molecule has 0 bridgehead atoms. The lowest BCUT2D eigenvalue weighted by Gasteiger charge is -2.36. The number of hydrogen-bond donors (Lipinski definition) is 2. The highest BCUT2D eigenvalue weighted by Gasteiger charge is 2.33. The maximum absolute atomic E-state index is 14.4. The molecule has 2 aliphatic rings. The number of amides is 1. The number of halogens is 1. The van der Waals surface area contributed by atoms with E-state index in [4.69, 9.17) is 0 Å². The number of carbonyl (C=O) groups is 2. The van der Waals surface area contributed by atoms with Crippen LogP contribution in [0.1, 0.15) is 18.4 Å². The number of hydrogen-bond acceptors (Lipinski definition) is 8. The van der Waals surface area contributed by atoms with E-state index < -0.39 is 28.4 Å². The van der Waals surface area contributed by atoms with Crippen molar-refractivity contribution in [1.82, 2.24) is 9.80 Å². The number of nitrogens with one attached hydrogen (secondary N) is 2. The van der Waals surface area contributed by atoms with Crippen molar-refractivity contribution in [2.75, 3.05) is 74.9 Å². The first-order chi connectivity index (χ1) is 16.8. The van der Waals surface area contributed by atoms with Crippen molar-refractivity contribution in [3.05, 3.63) is 56.6 Å². The zero-order chi connectivity index (χ0) is 25.1. The summed E-state index contributed by atoms with van der Waals surface area (Å²) in [5, 5.41) is 5.92. The van der Waals surface area contributed by atoms with Crippen LogP contribution in [0.2, 0.25) is 0 Å². The standard InChI is InChI=1S/C25H30FN5O4/c1-16(19-17(26)6-5-7-18(19)27-2)22(32)25(35)31-14-12-30(13-15-31)21-20(23(33)24(21)34)28-8-11-29-9-3-4-10-29/h5-7,27-28H,1,3-4,8-15H2,2H3. The van der Waals surface area contributed by atoms with E-state index in [0.717, 1.165) is 19.6 Å². The molecule has 2 fully saturated rings. The lowest BCUT2D eigenvalue weighted by Crippen LogP contribution is -2.54. The largest absolute Gasteiger partial charge is 0.388 e. The van der Waals surface area contributed by atoms with Crippen LogP contribution in [0, 0.1) is 5.82 Å². The summed E-state index contributed by atoms with van der Waals surface area (Å²) in [6.07, 6.45) is 2.36. The quantitative estimate of drug-likeness (QED) is 0.401. The minimum Gasteiger partial charge on any atom is -0.388 e. The van der Waals surface area contributed by atoms with Gasteiger partial charge in [0.1, 0.15) is 17.2 Å². The number of piperazine rings is 1. The Kier molecular flexibility index (Phi) is 7.30. The summed E-state index contributed by atoms with van der Waals surface area (Å²) < 4.78 is 14.4. The van der Waals surface area contributed by atoms with Gasteiger partial charge in [0.05, 0.1) is 0 Å². The van der Waals surface area contributed by atoms with Gasteiger partial charge in [-0.2, -0.15) is 0 Å². The van der Waals surface area contributed by atoms with E-state index in [1.54, 1.807) is 18.0 Å². The van der Waals surface area contributed by atoms with E-state index in [2.05, 4.69) is 22.1 Å². The first kappa shape index (κ1) is 24.6. The Morgan fingerprint density at radius 3 is 2.37 bits per heavy atom. The molecule has 0 saturated carbocycles. The van der Waals surface area contributed by atoms with E-state index in [0.29, 0.717) is 36.7 Å². The summed E-state index contributed by atoms with van der Waals surface area (Å²) in [4.78, 5) is 55.5. The zero-order valence-electron chi connectivity index (χ0n) is 19.9. The van der Waals surface area contributed by atoms with Crippen LogP contribution in [0.15, 0.2) is 34.4 Å². The fourth-order valence-electron chi connectivity index (χ4n) is 4.75. The van der Waals surface area contributed by atoms with Gasteiger partial charge in [-0.1, -0.05) is 12.6 Å². The van der Waals surface area contributed by atoms with Gasteiger partial charge in [-0.3, -0.25) is 19.2 Å². The van der Waals surface area contributed by atoms with Gasteiger partial charge in [-0.05, 0) is 38.1 Å². The van der Waals surface area contributed by atoms with Gasteiger partial charge in [0.2, 0.25) is 0 Å². The average molecular weight is 484 g/mol. The first-order valence-corrected chi connectivity index (χ1v) is 11.9. The normalized spacial score (nSPS) is 16.5. The third kappa shape index (κ3) is 4.84. The molecule has 4 rings (SSSR count). The second-order valence-electron chi connectivity index (χ2n) is 8.86. The molecule has 9 nitrogen and oxygen atoms in total. The Morgan fingerprint density at radius 1 is 1.03 bits per heavy atom. The van der Waals surface area contributed by atoms with Crippen LogP contribution in [-0.4, -0.2) is 80.9 Å². The maximum Gasteiger partial charge on any atom is 0.295 e. The molecule has 10 heteroatoms. The molecular weight excluding hydrogens is 453 g/mol. The molecule has 0 spiro atoms. The predicted octanol–water partition coefficient (Wildman–Crippen LogP) is 0.902. The predicted molar refractivity (Wildman–Crippen MR) is 134 cm³/mol. The van der Waals surface area contributed by atoms with Gasteiger partial charge in [0.25, 0.3) is 22.5 Å². The minimum absolute atomic E-state index is 0.0274. The van der Waals surface area contributed by atoms with E-state index >= 15 is 0 Å². The second-order valence-corrected chi connectivity index (χ2v) is 8.86. The Hall–Kier alpha value is -3.53. The fourth-order valence-corrected chi connectivity index (χ4v) is 4.75. The maximum atomic E-state index is 14.4. The number of benzene rings is 1. The molecule has 2 aliphatic heterocycles. The molecule has 0 unspecified atom stereocenters. The lowest BCUT2D eigenvalue weighted by atomic mass is 9.99. The van der Waals surface area contributed by atoms with Gasteiger partial charge < -0.3 is 25.3 Å². The Labute approximate surface area is 202 Å². The molecule has 1 amide bonds. The number of anilines is 3. The Balaban J connectivity index is 1.36. The lowest BCUT2D eigenvalue weighted by molar-refractivity contribution is -0.142. The van der Waals surface area contributed by atoms with Crippen LogP contribution < -0.4 is 26.4 Å². The van der Waals surface area contributed by atoms with Gasteiger partial charge in [0.15, 0.2) is 0 Å². The molecule has 2 aromatic rings. The number of likely N-dealkylation sites (tertiary alicyclic amines) is 1. The number of ketones is 1. The number of carbonyl (C=O) groups excluding carboxylic acids is 2. The highest BCUT2D eigenvalue weighted by molar-refractivity contribution is 6.53. The highest BCUT2D eigenvalue weighted by Crippen LogP contribution is 2.27. The van der Waals surface area contributed by atoms with E-state index in [-0.39, 0.29) is 24.2 Å². The zero-order valence-corrected chi connectivity index (χ0v) is 19.9. The van der Waals surface area contributed by atoms with Crippen molar-refractivity contribution in [3.8, 4) is 0 Å². The van der Waals surface area contributed by atoms with Gasteiger partial charge in [0, 0.05) is 63.1 Å². The molecule has 0 aliphatic carbocycles. The van der Waals surface area contributed by atoms with Crippen molar-refractivity contribution in [2.24, 2.45) is 0 Å². The minimum atomic E-state index is -0.876. The van der Waals surface area contributed by atoms with Crippen molar-refractivity contribution >= 4 is 34.3 Å². The summed E-state index contributed by atoms with van der Waals surface area (Å²) in [6, 6.07) is 4.31. The van der Waals surface area contributed by atoms with Crippen molar-refractivity contribution in [1.29, 1.82) is 0 Å². The molecule has 2 N–H and O–H groups in total. The van der Waals surface area contributed by atoms with Crippen LogP contribution in [0.5, 0.6) is 0 Å². The third-order valence-corrected chi connectivity index (χ3v) is 6.75. The molecule has 2 saturated heterocycles. The van der Waals surface area contributed by atoms with Gasteiger partial charge in [-0.15, -0.1) is 0 Å². The van der Waals surface area contributed by atoms with Crippen LogP contribution in [0.3, 0.4) is 0 Å². The first-order valence-electron chi connectivity index (χ1n) is 11.9. The summed E-state index contributed by atoms with van der Waals surface area (Å²) in [7, 11) is 1.59. The highest BCUT2D eigenvalue weighted by atomic mass is 19.1. The molecule has 0 radical (unpaired) electrons. The van der Waals surface area contributed by atoms with Crippen LogP contribution in [0.25, 0.3) is 5.57 Å². The molecule has 2 heterocycles. The van der Waals surface area contributed by atoms with Crippen LogP contribution in [0.4, 0.5) is 21.5 Å². The third-order valence-electron chi connectivity index (χ3n) is 6.75. The topological polar surface area (TPSA) is 102 Å². The fraction of sp³-hybridized carbons (Fsp3) is 0.440. The Bertz CT molecular complexity index is 1210. The Morgan fingerprint density at radius 2 is 1.71 bits per heavy atom. The number of rotatable bonds is 9. The van der Waals surface area contributed by atoms with Gasteiger partial charge in [-0.25, -0.2) is 4.39 Å². The smallest absolute Gasteiger partial charge is 0.295 e. The second kappa shape index (κ2) is 10.4. The summed E-state index contributed by atoms with van der Waals surface area (Å²) in [6.45, 7) is 8.16. The summed E-state index contributed by atoms with van der Waals surface area (Å²) >= 11 is 0. The molecule has 0 atom stereocenters. The number of Topliss-reactive ketones (excluding diaryl/α,β-unsaturated/α-hetero) is 1. The summed E-state index contributed by atoms with van der Waals surface area (Å²) in [5.74, 6) is -2.29. The van der Waals surface area contributed by atoms with E-state index in [1.165, 1.54) is 29.9 Å². The molecule has 35 heavy (non-hydrogen) atoms. The van der Waals surface area contributed by atoms with Crippen molar-refractivity contribution < 1.29 is 14.0 Å². The molecule has 2 aromatic carbocycles. The molecule has 186 valence electrons. The SMILES string of the molecule is C=C(C(=O)C(=O)N1CCN(c2c(NCCN3CCCC3)c(=O)c2=O)CC1)c1c(F)cccc1NC. The average Bonchev–Trinajstić information content (AvgIpc) is 3.40. The summed E-state index contributed by atoms with van der Waals surface area (Å²) in [5.41, 5.74) is -0.242. The van der Waals surface area contributed by atoms with Crippen molar-refractivity contribution in [2.45, 2.75) is 12.8 Å². The van der Waals surface area contributed by atoms with E-state index in [1.807, 2.05) is 0 Å². The number of nitrogens with zero attached hydrogens (tertiary/aromatic N) is 3. The van der Waals surface area contributed by atoms with Gasteiger partial charge >= 0.3 is 0 Å². The van der Waals surface area contributed by atoms with Crippen molar-refractivity contribution in [3.63, 3.8) is 0 Å². The van der Waals surface area contributed by atoms with Crippen LogP contribution in [-0.2, 0) is 9.59 Å². The van der Waals surface area contributed by atoms with E-state index in [9.17, 15) is 23.6 Å². The monoisotopic (exact) mass is 483 g/mol. The van der Waals surface area contributed by atoms with Crippen LogP contribution >= 0.6 is 0 Å². The molecular formula is C25H30FN5O4.